The molecule has 1 aliphatic carbocycles. The van der Waals surface area contributed by atoms with Crippen LogP contribution in [0, 0.1) is 17.7 Å². The molecule has 1 aliphatic rings. The zero-order valence-electron chi connectivity index (χ0n) is 10.9. The van der Waals surface area contributed by atoms with Gasteiger partial charge in [0.25, 0.3) is 0 Å². The Balaban J connectivity index is 2.22. The number of benzene rings is 1. The van der Waals surface area contributed by atoms with Crippen molar-refractivity contribution in [1.82, 2.24) is 0 Å². The molecule has 0 heterocycles. The van der Waals surface area contributed by atoms with E-state index in [1.807, 2.05) is 0 Å². The zero-order chi connectivity index (χ0) is 13.3. The molecule has 0 aliphatic heterocycles. The molecule has 1 aromatic rings. The molecule has 2 atom stereocenters. The molecule has 0 bridgehead atoms. The van der Waals surface area contributed by atoms with Crippen LogP contribution in [0.2, 0.25) is 5.02 Å². The summed E-state index contributed by atoms with van der Waals surface area (Å²) in [6.45, 7) is 4.28. The summed E-state index contributed by atoms with van der Waals surface area (Å²) >= 11 is 6.03. The fourth-order valence-corrected chi connectivity index (χ4v) is 3.64. The predicted octanol–water partition coefficient (Wildman–Crippen LogP) is 4.21. The van der Waals surface area contributed by atoms with E-state index in [0.717, 1.165) is 19.3 Å². The van der Waals surface area contributed by atoms with Crippen LogP contribution in [0.15, 0.2) is 18.2 Å². The molecule has 3 heteroatoms. The van der Waals surface area contributed by atoms with Crippen molar-refractivity contribution in [1.29, 1.82) is 0 Å². The lowest BCUT2D eigenvalue weighted by atomic mass is 9.71. The van der Waals surface area contributed by atoms with E-state index < -0.39 is 5.60 Å². The predicted molar refractivity (Wildman–Crippen MR) is 72.2 cm³/mol. The first-order valence-corrected chi connectivity index (χ1v) is 6.93. The van der Waals surface area contributed by atoms with Gasteiger partial charge in [-0.05, 0) is 43.2 Å². The molecule has 0 aromatic heterocycles. The monoisotopic (exact) mass is 270 g/mol. The first kappa shape index (κ1) is 13.8. The van der Waals surface area contributed by atoms with Crippen molar-refractivity contribution in [2.45, 2.75) is 45.1 Å². The lowest BCUT2D eigenvalue weighted by Crippen LogP contribution is -2.40. The molecule has 2 rings (SSSR count). The third-order valence-corrected chi connectivity index (χ3v) is 4.18. The fourth-order valence-electron chi connectivity index (χ4n) is 3.41. The van der Waals surface area contributed by atoms with Crippen LogP contribution in [0.1, 0.15) is 38.7 Å². The highest BCUT2D eigenvalue weighted by molar-refractivity contribution is 6.31. The molecular weight excluding hydrogens is 251 g/mol. The molecule has 1 aromatic carbocycles. The van der Waals surface area contributed by atoms with E-state index >= 15 is 0 Å². The molecule has 18 heavy (non-hydrogen) atoms. The van der Waals surface area contributed by atoms with Gasteiger partial charge in [-0.1, -0.05) is 31.5 Å². The first-order chi connectivity index (χ1) is 8.39. The smallest absolute Gasteiger partial charge is 0.127 e. The third kappa shape index (κ3) is 3.04. The number of hydrogen-bond acceptors (Lipinski definition) is 1. The summed E-state index contributed by atoms with van der Waals surface area (Å²) in [5.74, 6) is 0.635. The standard InChI is InChI=1S/C15H20ClFO/c1-10-6-11(2)8-15(18,7-10)9-12-13(16)4-3-5-14(12)17/h3-5,10-11,18H,6-9H2,1-2H3. The molecule has 1 N–H and O–H groups in total. The Kier molecular flexibility index (Phi) is 3.98. The average molecular weight is 271 g/mol. The largest absolute Gasteiger partial charge is 0.390 e. The van der Waals surface area contributed by atoms with E-state index in [4.69, 9.17) is 11.6 Å². The second-order valence-corrected chi connectivity index (χ2v) is 6.36. The van der Waals surface area contributed by atoms with E-state index in [1.54, 1.807) is 12.1 Å². The van der Waals surface area contributed by atoms with Crippen LogP contribution in [0.25, 0.3) is 0 Å². The quantitative estimate of drug-likeness (QED) is 0.854. The fraction of sp³-hybridized carbons (Fsp3) is 0.600. The maximum atomic E-state index is 13.8. The number of rotatable bonds is 2. The minimum absolute atomic E-state index is 0.313. The Hall–Kier alpha value is -0.600. The van der Waals surface area contributed by atoms with Crippen molar-refractivity contribution in [2.75, 3.05) is 0 Å². The summed E-state index contributed by atoms with van der Waals surface area (Å²) in [6, 6.07) is 4.68. The van der Waals surface area contributed by atoms with E-state index in [9.17, 15) is 9.50 Å². The van der Waals surface area contributed by atoms with Gasteiger partial charge in [0.05, 0.1) is 5.60 Å². The van der Waals surface area contributed by atoms with Crippen LogP contribution in [0.3, 0.4) is 0 Å². The molecule has 1 saturated carbocycles. The van der Waals surface area contributed by atoms with Crippen LogP contribution >= 0.6 is 11.6 Å². The summed E-state index contributed by atoms with van der Waals surface area (Å²) in [7, 11) is 0. The van der Waals surface area contributed by atoms with E-state index in [-0.39, 0.29) is 5.82 Å². The van der Waals surface area contributed by atoms with Gasteiger partial charge >= 0.3 is 0 Å². The Morgan fingerprint density at radius 1 is 1.33 bits per heavy atom. The van der Waals surface area contributed by atoms with Crippen LogP contribution in [-0.2, 0) is 6.42 Å². The van der Waals surface area contributed by atoms with Crippen LogP contribution in [-0.4, -0.2) is 10.7 Å². The van der Waals surface area contributed by atoms with Crippen molar-refractivity contribution in [3.05, 3.63) is 34.6 Å². The Morgan fingerprint density at radius 2 is 1.94 bits per heavy atom. The van der Waals surface area contributed by atoms with Gasteiger partial charge in [-0.3, -0.25) is 0 Å². The molecule has 1 nitrogen and oxygen atoms in total. The normalized spacial score (nSPS) is 32.5. The van der Waals surface area contributed by atoms with Gasteiger partial charge in [-0.2, -0.15) is 0 Å². The van der Waals surface area contributed by atoms with Crippen LogP contribution in [0.4, 0.5) is 4.39 Å². The molecular formula is C15H20ClFO. The summed E-state index contributed by atoms with van der Waals surface area (Å²) in [5.41, 5.74) is -0.369. The number of halogens is 2. The third-order valence-electron chi connectivity index (χ3n) is 3.83. The summed E-state index contributed by atoms with van der Waals surface area (Å²) < 4.78 is 13.8. The molecule has 0 radical (unpaired) electrons. The minimum atomic E-state index is -0.817. The highest BCUT2D eigenvalue weighted by Gasteiger charge is 2.37. The van der Waals surface area contributed by atoms with E-state index in [1.165, 1.54) is 6.07 Å². The zero-order valence-corrected chi connectivity index (χ0v) is 11.7. The summed E-state index contributed by atoms with van der Waals surface area (Å²) in [6.07, 6.45) is 2.89. The van der Waals surface area contributed by atoms with Gasteiger partial charge in [-0.15, -0.1) is 0 Å². The molecule has 2 unspecified atom stereocenters. The van der Waals surface area contributed by atoms with Crippen molar-refractivity contribution >= 4 is 11.6 Å². The van der Waals surface area contributed by atoms with E-state index in [2.05, 4.69) is 13.8 Å². The first-order valence-electron chi connectivity index (χ1n) is 6.55. The molecule has 0 amide bonds. The Morgan fingerprint density at radius 3 is 2.50 bits per heavy atom. The molecule has 100 valence electrons. The molecule has 0 spiro atoms. The highest BCUT2D eigenvalue weighted by Crippen LogP contribution is 2.39. The molecule has 1 fully saturated rings. The van der Waals surface area contributed by atoms with Gasteiger partial charge in [0.15, 0.2) is 0 Å². The number of hydrogen-bond donors (Lipinski definition) is 1. The van der Waals surface area contributed by atoms with Crippen LogP contribution in [0.5, 0.6) is 0 Å². The topological polar surface area (TPSA) is 20.2 Å². The van der Waals surface area contributed by atoms with E-state index in [0.29, 0.717) is 28.8 Å². The second kappa shape index (κ2) is 5.18. The second-order valence-electron chi connectivity index (χ2n) is 5.96. The van der Waals surface area contributed by atoms with Crippen molar-refractivity contribution in [3.8, 4) is 0 Å². The van der Waals surface area contributed by atoms with Crippen molar-refractivity contribution in [3.63, 3.8) is 0 Å². The average Bonchev–Trinajstić information content (AvgIpc) is 2.21. The highest BCUT2D eigenvalue weighted by atomic mass is 35.5. The van der Waals surface area contributed by atoms with Crippen molar-refractivity contribution < 1.29 is 9.50 Å². The molecule has 0 saturated heterocycles. The Labute approximate surface area is 113 Å². The lowest BCUT2D eigenvalue weighted by Gasteiger charge is -2.39. The number of aliphatic hydroxyl groups is 1. The lowest BCUT2D eigenvalue weighted by molar-refractivity contribution is -0.0310. The maximum Gasteiger partial charge on any atom is 0.127 e. The minimum Gasteiger partial charge on any atom is -0.390 e. The van der Waals surface area contributed by atoms with Gasteiger partial charge in [0.2, 0.25) is 0 Å². The van der Waals surface area contributed by atoms with Crippen molar-refractivity contribution in [2.24, 2.45) is 11.8 Å². The summed E-state index contributed by atoms with van der Waals surface area (Å²) in [5, 5.41) is 11.1. The van der Waals surface area contributed by atoms with Gasteiger partial charge in [-0.25, -0.2) is 4.39 Å². The Bertz CT molecular complexity index is 402. The van der Waals surface area contributed by atoms with Gasteiger partial charge < -0.3 is 5.11 Å². The summed E-state index contributed by atoms with van der Waals surface area (Å²) in [4.78, 5) is 0. The van der Waals surface area contributed by atoms with Gasteiger partial charge in [0.1, 0.15) is 5.82 Å². The van der Waals surface area contributed by atoms with Crippen LogP contribution < -0.4 is 0 Å². The SMILES string of the molecule is CC1CC(C)CC(O)(Cc2c(F)cccc2Cl)C1. The maximum absolute atomic E-state index is 13.8. The van der Waals surface area contributed by atoms with Gasteiger partial charge in [0, 0.05) is 17.0 Å².